The molecule has 0 amide bonds. The van der Waals surface area contributed by atoms with E-state index < -0.39 is 23.2 Å². The summed E-state index contributed by atoms with van der Waals surface area (Å²) in [5.41, 5.74) is 6.83. The Balaban J connectivity index is 1.93. The summed E-state index contributed by atoms with van der Waals surface area (Å²) >= 11 is 0. The van der Waals surface area contributed by atoms with Crippen molar-refractivity contribution in [1.29, 1.82) is 5.26 Å². The Bertz CT molecular complexity index is 1410. The van der Waals surface area contributed by atoms with E-state index in [2.05, 4.69) is 15.3 Å². The van der Waals surface area contributed by atoms with E-state index in [9.17, 15) is 18.8 Å². The second-order valence-electron chi connectivity index (χ2n) is 6.89. The number of nitrogens with two attached hydrogens (primary N) is 1. The number of rotatable bonds is 4. The number of benzene rings is 1. The molecule has 0 bridgehead atoms. The van der Waals surface area contributed by atoms with E-state index in [1.807, 2.05) is 6.07 Å². The summed E-state index contributed by atoms with van der Waals surface area (Å²) in [7, 11) is 0. The van der Waals surface area contributed by atoms with Crippen molar-refractivity contribution >= 4 is 17.2 Å². The minimum Gasteiger partial charge on any atom is -0.382 e. The third-order valence-electron chi connectivity index (χ3n) is 4.89. The molecule has 0 fully saturated rings. The molecule has 7 nitrogen and oxygen atoms in total. The van der Waals surface area contributed by atoms with Gasteiger partial charge in [0.25, 0.3) is 5.56 Å². The van der Waals surface area contributed by atoms with Gasteiger partial charge in [-0.15, -0.1) is 0 Å². The third-order valence-corrected chi connectivity index (χ3v) is 4.89. The van der Waals surface area contributed by atoms with Gasteiger partial charge >= 0.3 is 0 Å². The number of aromatic nitrogens is 3. The smallest absolute Gasteiger partial charge is 0.263 e. The lowest BCUT2D eigenvalue weighted by molar-refractivity contribution is 0.618. The number of nitrogens with one attached hydrogen (secondary N) is 1. The highest BCUT2D eigenvalue weighted by Gasteiger charge is 2.20. The molecule has 31 heavy (non-hydrogen) atoms. The predicted molar refractivity (Wildman–Crippen MR) is 112 cm³/mol. The van der Waals surface area contributed by atoms with Crippen LogP contribution < -0.4 is 16.6 Å². The summed E-state index contributed by atoms with van der Waals surface area (Å²) in [5.74, 6) is -0.865. The molecular formula is C22H16F2N6O. The lowest BCUT2D eigenvalue weighted by atomic mass is 9.96. The Kier molecular flexibility index (Phi) is 5.05. The van der Waals surface area contributed by atoms with Crippen LogP contribution in [0.3, 0.4) is 0 Å². The maximum Gasteiger partial charge on any atom is 0.263 e. The quantitative estimate of drug-likeness (QED) is 0.524. The normalized spacial score (nSPS) is 11.8. The number of nitriles is 1. The maximum absolute atomic E-state index is 13.9. The molecule has 0 aliphatic heterocycles. The van der Waals surface area contributed by atoms with Crippen molar-refractivity contribution in [2.75, 3.05) is 11.1 Å². The molecule has 3 N–H and O–H groups in total. The standard InChI is InChI=1S/C22H16F2N6O/c1-12(29-21-18(9-25)20(26)27-11-28-21)17-8-16-6-5-15(24)10-30(16)22(31)19(17)13-3-2-4-14(23)7-13/h2-8,10-12H,1H3,(H3,26,27,28,29). The number of pyridine rings is 2. The molecule has 4 aromatic rings. The minimum absolute atomic E-state index is 0.0200. The molecule has 3 aromatic heterocycles. The SMILES string of the molecule is CC(Nc1ncnc(N)c1C#N)c1cc2ccc(F)cn2c(=O)c1-c1cccc(F)c1. The lowest BCUT2D eigenvalue weighted by Gasteiger charge is -2.20. The molecule has 4 rings (SSSR count). The number of nitrogens with zero attached hydrogens (tertiary/aromatic N) is 4. The van der Waals surface area contributed by atoms with Crippen LogP contribution >= 0.6 is 0 Å². The van der Waals surface area contributed by atoms with Gasteiger partial charge in [0.15, 0.2) is 0 Å². The Morgan fingerprint density at radius 1 is 1.16 bits per heavy atom. The summed E-state index contributed by atoms with van der Waals surface area (Å²) in [6.07, 6.45) is 2.30. The number of halogens is 2. The summed E-state index contributed by atoms with van der Waals surface area (Å²) in [6, 6.07) is 11.4. The number of fused-ring (bicyclic) bond motifs is 1. The minimum atomic E-state index is -0.575. The zero-order chi connectivity index (χ0) is 22.1. The predicted octanol–water partition coefficient (Wildman–Crippen LogP) is 3.66. The molecule has 0 saturated heterocycles. The van der Waals surface area contributed by atoms with E-state index in [0.717, 1.165) is 6.20 Å². The number of anilines is 2. The molecule has 9 heteroatoms. The Hall–Kier alpha value is -4.32. The van der Waals surface area contributed by atoms with Gasteiger partial charge in [0.2, 0.25) is 0 Å². The second-order valence-corrected chi connectivity index (χ2v) is 6.89. The zero-order valence-electron chi connectivity index (χ0n) is 16.3. The average Bonchev–Trinajstić information content (AvgIpc) is 2.74. The molecular weight excluding hydrogens is 402 g/mol. The van der Waals surface area contributed by atoms with E-state index >= 15 is 0 Å². The van der Waals surface area contributed by atoms with Crippen LogP contribution in [0.4, 0.5) is 20.4 Å². The maximum atomic E-state index is 13.9. The van der Waals surface area contributed by atoms with Crippen molar-refractivity contribution in [2.24, 2.45) is 0 Å². The van der Waals surface area contributed by atoms with Crippen LogP contribution in [0, 0.1) is 23.0 Å². The molecule has 1 unspecified atom stereocenters. The van der Waals surface area contributed by atoms with Gasteiger partial charge in [-0.3, -0.25) is 9.20 Å². The van der Waals surface area contributed by atoms with Crippen molar-refractivity contribution in [3.63, 3.8) is 0 Å². The van der Waals surface area contributed by atoms with Crippen LogP contribution in [0.15, 0.2) is 59.8 Å². The van der Waals surface area contributed by atoms with Gasteiger partial charge in [0.1, 0.15) is 41.2 Å². The largest absolute Gasteiger partial charge is 0.382 e. The fraction of sp³-hybridized carbons (Fsp3) is 0.0909. The Morgan fingerprint density at radius 2 is 1.97 bits per heavy atom. The average molecular weight is 418 g/mol. The van der Waals surface area contributed by atoms with Gasteiger partial charge in [-0.1, -0.05) is 12.1 Å². The number of hydrogen-bond donors (Lipinski definition) is 2. The molecule has 0 radical (unpaired) electrons. The zero-order valence-corrected chi connectivity index (χ0v) is 16.3. The molecule has 1 aromatic carbocycles. The van der Waals surface area contributed by atoms with E-state index in [1.165, 1.54) is 41.1 Å². The van der Waals surface area contributed by atoms with Crippen LogP contribution in [-0.2, 0) is 0 Å². The molecule has 3 heterocycles. The molecule has 154 valence electrons. The molecule has 0 aliphatic rings. The Labute approximate surface area is 175 Å². The summed E-state index contributed by atoms with van der Waals surface area (Å²) in [4.78, 5) is 21.2. The van der Waals surface area contributed by atoms with E-state index in [0.29, 0.717) is 16.6 Å². The van der Waals surface area contributed by atoms with Crippen molar-refractivity contribution in [1.82, 2.24) is 14.4 Å². The van der Waals surface area contributed by atoms with Crippen molar-refractivity contribution < 1.29 is 8.78 Å². The first-order chi connectivity index (χ1) is 14.9. The second kappa shape index (κ2) is 7.84. The van der Waals surface area contributed by atoms with Crippen LogP contribution in [0.5, 0.6) is 0 Å². The molecule has 1 atom stereocenters. The first-order valence-electron chi connectivity index (χ1n) is 9.27. The van der Waals surface area contributed by atoms with Crippen LogP contribution in [0.2, 0.25) is 0 Å². The summed E-state index contributed by atoms with van der Waals surface area (Å²) in [6.45, 7) is 1.76. The monoisotopic (exact) mass is 418 g/mol. The van der Waals surface area contributed by atoms with Gasteiger partial charge in [-0.25, -0.2) is 18.7 Å². The fourth-order valence-electron chi connectivity index (χ4n) is 3.43. The summed E-state index contributed by atoms with van der Waals surface area (Å²) < 4.78 is 28.9. The summed E-state index contributed by atoms with van der Waals surface area (Å²) in [5, 5.41) is 12.5. The first-order valence-corrected chi connectivity index (χ1v) is 9.27. The van der Waals surface area contributed by atoms with E-state index in [-0.39, 0.29) is 22.8 Å². The topological polar surface area (TPSA) is 109 Å². The van der Waals surface area contributed by atoms with Crippen molar-refractivity contribution in [3.8, 4) is 17.2 Å². The van der Waals surface area contributed by atoms with E-state index in [4.69, 9.17) is 5.73 Å². The molecule has 0 spiro atoms. The van der Waals surface area contributed by atoms with E-state index in [1.54, 1.807) is 19.1 Å². The van der Waals surface area contributed by atoms with Gasteiger partial charge in [-0.2, -0.15) is 5.26 Å². The number of hydrogen-bond acceptors (Lipinski definition) is 6. The highest BCUT2D eigenvalue weighted by atomic mass is 19.1. The highest BCUT2D eigenvalue weighted by Crippen LogP contribution is 2.30. The van der Waals surface area contributed by atoms with Gasteiger partial charge in [0, 0.05) is 11.7 Å². The van der Waals surface area contributed by atoms with Gasteiger partial charge < -0.3 is 11.1 Å². The third kappa shape index (κ3) is 3.67. The molecule has 0 saturated carbocycles. The van der Waals surface area contributed by atoms with Crippen LogP contribution in [0.25, 0.3) is 16.6 Å². The van der Waals surface area contributed by atoms with Crippen LogP contribution in [-0.4, -0.2) is 14.4 Å². The van der Waals surface area contributed by atoms with Gasteiger partial charge in [0.05, 0.1) is 11.6 Å². The lowest BCUT2D eigenvalue weighted by Crippen LogP contribution is -2.21. The Morgan fingerprint density at radius 3 is 2.71 bits per heavy atom. The first kappa shape index (κ1) is 20.0. The van der Waals surface area contributed by atoms with Crippen LogP contribution in [0.1, 0.15) is 24.1 Å². The molecule has 0 aliphatic carbocycles. The fourth-order valence-corrected chi connectivity index (χ4v) is 3.43. The van der Waals surface area contributed by atoms with Crippen molar-refractivity contribution in [2.45, 2.75) is 13.0 Å². The highest BCUT2D eigenvalue weighted by molar-refractivity contribution is 5.72. The van der Waals surface area contributed by atoms with Gasteiger partial charge in [-0.05, 0) is 48.4 Å². The van der Waals surface area contributed by atoms with Crippen molar-refractivity contribution in [3.05, 3.63) is 88.1 Å². The number of nitrogen functional groups attached to an aromatic ring is 1.